The van der Waals surface area contributed by atoms with Crippen LogP contribution in [0.4, 0.5) is 5.69 Å². The first-order chi connectivity index (χ1) is 5.83. The fourth-order valence-corrected chi connectivity index (χ4v) is 2.16. The van der Waals surface area contributed by atoms with Crippen molar-refractivity contribution in [3.05, 3.63) is 23.6 Å². The highest BCUT2D eigenvalue weighted by Crippen LogP contribution is 2.34. The van der Waals surface area contributed by atoms with Gasteiger partial charge in [-0.25, -0.2) is 0 Å². The molecule has 2 aromatic rings. The van der Waals surface area contributed by atoms with Gasteiger partial charge in [-0.3, -0.25) is 0 Å². The standard InChI is InChI=1S/C9H9NOS/c1-11-8-4-2-3-6-7(10)5-12-9(6)8/h2-5H,10H2,1H3. The van der Waals surface area contributed by atoms with Crippen LogP contribution < -0.4 is 10.5 Å². The molecule has 2 N–H and O–H groups in total. The summed E-state index contributed by atoms with van der Waals surface area (Å²) in [4.78, 5) is 0. The zero-order valence-electron chi connectivity index (χ0n) is 6.70. The molecule has 1 heterocycles. The van der Waals surface area contributed by atoms with Crippen LogP contribution in [0.3, 0.4) is 0 Å². The number of ether oxygens (including phenoxy) is 1. The number of benzene rings is 1. The summed E-state index contributed by atoms with van der Waals surface area (Å²) in [6.07, 6.45) is 0. The van der Waals surface area contributed by atoms with Crippen molar-refractivity contribution in [3.8, 4) is 5.75 Å². The van der Waals surface area contributed by atoms with Crippen LogP contribution in [0, 0.1) is 0 Å². The van der Waals surface area contributed by atoms with Crippen molar-refractivity contribution in [2.45, 2.75) is 0 Å². The van der Waals surface area contributed by atoms with E-state index < -0.39 is 0 Å². The maximum atomic E-state index is 5.75. The van der Waals surface area contributed by atoms with Crippen molar-refractivity contribution in [3.63, 3.8) is 0 Å². The van der Waals surface area contributed by atoms with E-state index in [-0.39, 0.29) is 0 Å². The largest absolute Gasteiger partial charge is 0.495 e. The molecule has 0 spiro atoms. The minimum atomic E-state index is 0.828. The molecule has 0 radical (unpaired) electrons. The highest BCUT2D eigenvalue weighted by atomic mass is 32.1. The van der Waals surface area contributed by atoms with Gasteiger partial charge in [0.1, 0.15) is 5.75 Å². The molecule has 0 saturated heterocycles. The second-order valence-electron chi connectivity index (χ2n) is 2.53. The van der Waals surface area contributed by atoms with Gasteiger partial charge in [-0.05, 0) is 6.07 Å². The van der Waals surface area contributed by atoms with Crippen LogP contribution in [-0.2, 0) is 0 Å². The molecule has 12 heavy (non-hydrogen) atoms. The van der Waals surface area contributed by atoms with E-state index in [1.165, 1.54) is 0 Å². The molecular weight excluding hydrogens is 170 g/mol. The zero-order valence-corrected chi connectivity index (χ0v) is 7.52. The summed E-state index contributed by atoms with van der Waals surface area (Å²) in [5.41, 5.74) is 6.58. The van der Waals surface area contributed by atoms with Gasteiger partial charge in [0, 0.05) is 10.8 Å². The fraction of sp³-hybridized carbons (Fsp3) is 0.111. The van der Waals surface area contributed by atoms with Gasteiger partial charge >= 0.3 is 0 Å². The molecule has 2 rings (SSSR count). The summed E-state index contributed by atoms with van der Waals surface area (Å²) in [5, 5.41) is 3.02. The monoisotopic (exact) mass is 179 g/mol. The number of nitrogen functional groups attached to an aromatic ring is 1. The Kier molecular flexibility index (Phi) is 1.66. The Bertz CT molecular complexity index is 408. The second-order valence-corrected chi connectivity index (χ2v) is 3.41. The van der Waals surface area contributed by atoms with Crippen LogP contribution in [0.5, 0.6) is 5.75 Å². The Hall–Kier alpha value is -1.22. The predicted octanol–water partition coefficient (Wildman–Crippen LogP) is 2.49. The highest BCUT2D eigenvalue weighted by molar-refractivity contribution is 7.18. The molecule has 0 bridgehead atoms. The van der Waals surface area contributed by atoms with E-state index in [1.54, 1.807) is 18.4 Å². The normalized spacial score (nSPS) is 10.4. The van der Waals surface area contributed by atoms with E-state index in [2.05, 4.69) is 0 Å². The molecule has 0 unspecified atom stereocenters. The van der Waals surface area contributed by atoms with Crippen molar-refractivity contribution >= 4 is 27.1 Å². The number of hydrogen-bond donors (Lipinski definition) is 1. The summed E-state index contributed by atoms with van der Waals surface area (Å²) in [5.74, 6) is 0.897. The van der Waals surface area contributed by atoms with Crippen molar-refractivity contribution in [1.29, 1.82) is 0 Å². The summed E-state index contributed by atoms with van der Waals surface area (Å²) in [6.45, 7) is 0. The molecule has 0 aliphatic carbocycles. The lowest BCUT2D eigenvalue weighted by molar-refractivity contribution is 0.420. The number of thiophene rings is 1. The molecule has 0 fully saturated rings. The zero-order chi connectivity index (χ0) is 8.55. The van der Waals surface area contributed by atoms with E-state index in [0.717, 1.165) is 21.5 Å². The summed E-state index contributed by atoms with van der Waals surface area (Å²) in [6, 6.07) is 5.90. The lowest BCUT2D eigenvalue weighted by Gasteiger charge is -1.99. The first-order valence-corrected chi connectivity index (χ1v) is 4.50. The summed E-state index contributed by atoms with van der Waals surface area (Å²) in [7, 11) is 1.67. The van der Waals surface area contributed by atoms with E-state index in [1.807, 2.05) is 23.6 Å². The average Bonchev–Trinajstić information content (AvgIpc) is 2.48. The molecule has 0 amide bonds. The van der Waals surface area contributed by atoms with Crippen molar-refractivity contribution in [2.24, 2.45) is 0 Å². The number of nitrogens with two attached hydrogens (primary N) is 1. The molecular formula is C9H9NOS. The maximum Gasteiger partial charge on any atom is 0.136 e. The smallest absolute Gasteiger partial charge is 0.136 e. The second kappa shape index (κ2) is 2.68. The lowest BCUT2D eigenvalue weighted by Crippen LogP contribution is -1.83. The summed E-state index contributed by atoms with van der Waals surface area (Å²) < 4.78 is 6.32. The van der Waals surface area contributed by atoms with Crippen LogP contribution in [0.25, 0.3) is 10.1 Å². The van der Waals surface area contributed by atoms with Crippen LogP contribution >= 0.6 is 11.3 Å². The minimum absolute atomic E-state index is 0.828. The number of hydrogen-bond acceptors (Lipinski definition) is 3. The Balaban J connectivity index is 2.81. The highest BCUT2D eigenvalue weighted by Gasteiger charge is 2.04. The van der Waals surface area contributed by atoms with Gasteiger partial charge in [-0.2, -0.15) is 0 Å². The quantitative estimate of drug-likeness (QED) is 0.730. The number of fused-ring (bicyclic) bond motifs is 1. The predicted molar refractivity (Wildman–Crippen MR) is 52.8 cm³/mol. The van der Waals surface area contributed by atoms with Crippen molar-refractivity contribution in [1.82, 2.24) is 0 Å². The molecule has 0 aliphatic heterocycles. The number of methoxy groups -OCH3 is 1. The fourth-order valence-electron chi connectivity index (χ4n) is 1.21. The van der Waals surface area contributed by atoms with E-state index in [4.69, 9.17) is 10.5 Å². The number of anilines is 1. The molecule has 62 valence electrons. The molecule has 0 saturated carbocycles. The average molecular weight is 179 g/mol. The minimum Gasteiger partial charge on any atom is -0.495 e. The van der Waals surface area contributed by atoms with Crippen LogP contribution in [0.2, 0.25) is 0 Å². The van der Waals surface area contributed by atoms with Crippen LogP contribution in [0.15, 0.2) is 23.6 Å². The first-order valence-electron chi connectivity index (χ1n) is 3.62. The molecule has 1 aromatic carbocycles. The first kappa shape index (κ1) is 7.43. The lowest BCUT2D eigenvalue weighted by atomic mass is 10.2. The molecule has 0 atom stereocenters. The van der Waals surface area contributed by atoms with Crippen molar-refractivity contribution < 1.29 is 4.74 Å². The van der Waals surface area contributed by atoms with Gasteiger partial charge in [0.2, 0.25) is 0 Å². The summed E-state index contributed by atoms with van der Waals surface area (Å²) >= 11 is 1.62. The Labute approximate surface area is 74.6 Å². The molecule has 3 heteroatoms. The van der Waals surface area contributed by atoms with E-state index in [0.29, 0.717) is 0 Å². The topological polar surface area (TPSA) is 35.2 Å². The van der Waals surface area contributed by atoms with Gasteiger partial charge in [-0.15, -0.1) is 11.3 Å². The molecule has 2 nitrogen and oxygen atoms in total. The van der Waals surface area contributed by atoms with Gasteiger partial charge in [0.15, 0.2) is 0 Å². The number of rotatable bonds is 1. The molecule has 1 aromatic heterocycles. The van der Waals surface area contributed by atoms with Crippen LogP contribution in [0.1, 0.15) is 0 Å². The van der Waals surface area contributed by atoms with Crippen molar-refractivity contribution in [2.75, 3.05) is 12.8 Å². The Morgan fingerprint density at radius 1 is 1.42 bits per heavy atom. The SMILES string of the molecule is COc1cccc2c(N)csc12. The van der Waals surface area contributed by atoms with E-state index in [9.17, 15) is 0 Å². The third kappa shape index (κ3) is 0.940. The van der Waals surface area contributed by atoms with Crippen LogP contribution in [-0.4, -0.2) is 7.11 Å². The Morgan fingerprint density at radius 3 is 3.00 bits per heavy atom. The molecule has 0 aliphatic rings. The van der Waals surface area contributed by atoms with Gasteiger partial charge in [0.05, 0.1) is 17.5 Å². The van der Waals surface area contributed by atoms with E-state index >= 15 is 0 Å². The maximum absolute atomic E-state index is 5.75. The van der Waals surface area contributed by atoms with Gasteiger partial charge in [0.25, 0.3) is 0 Å². The van der Waals surface area contributed by atoms with Gasteiger partial charge in [-0.1, -0.05) is 12.1 Å². The third-order valence-corrected chi connectivity index (χ3v) is 2.84. The van der Waals surface area contributed by atoms with Gasteiger partial charge < -0.3 is 10.5 Å². The third-order valence-electron chi connectivity index (χ3n) is 1.81. The Morgan fingerprint density at radius 2 is 2.25 bits per heavy atom.